The van der Waals surface area contributed by atoms with Gasteiger partial charge in [-0.25, -0.2) is 0 Å². The van der Waals surface area contributed by atoms with Gasteiger partial charge in [0.05, 0.1) is 17.4 Å². The SMILES string of the molecule is CCCCCNC(=O)c1cncc(N2c3ccccc3CC2C)c1. The van der Waals surface area contributed by atoms with Crippen LogP contribution in [0, 0.1) is 0 Å². The van der Waals surface area contributed by atoms with Crippen LogP contribution in [0.5, 0.6) is 0 Å². The third kappa shape index (κ3) is 3.42. The Labute approximate surface area is 143 Å². The van der Waals surface area contributed by atoms with Crippen LogP contribution in [-0.4, -0.2) is 23.5 Å². The second-order valence-electron chi connectivity index (χ2n) is 6.45. The number of nitrogens with zero attached hydrogens (tertiary/aromatic N) is 2. The molecule has 1 atom stereocenters. The normalized spacial score (nSPS) is 16.1. The summed E-state index contributed by atoms with van der Waals surface area (Å²) in [4.78, 5) is 18.9. The molecular formula is C20H25N3O. The van der Waals surface area contributed by atoms with Gasteiger partial charge in [-0.3, -0.25) is 9.78 Å². The Balaban J connectivity index is 1.77. The number of benzene rings is 1. The molecule has 4 nitrogen and oxygen atoms in total. The number of para-hydroxylation sites is 1. The predicted molar refractivity (Wildman–Crippen MR) is 97.8 cm³/mol. The smallest absolute Gasteiger partial charge is 0.252 e. The molecule has 0 aliphatic carbocycles. The van der Waals surface area contributed by atoms with Crippen LogP contribution in [0.2, 0.25) is 0 Å². The highest BCUT2D eigenvalue weighted by molar-refractivity contribution is 5.95. The molecule has 0 spiro atoms. The van der Waals surface area contributed by atoms with E-state index in [0.29, 0.717) is 11.6 Å². The minimum atomic E-state index is -0.0411. The lowest BCUT2D eigenvalue weighted by Crippen LogP contribution is -2.26. The minimum Gasteiger partial charge on any atom is -0.352 e. The van der Waals surface area contributed by atoms with E-state index in [9.17, 15) is 4.79 Å². The standard InChI is InChI=1S/C20H25N3O/c1-3-4-7-10-22-20(24)17-12-18(14-21-13-17)23-15(2)11-16-8-5-6-9-19(16)23/h5-6,8-9,12-15H,3-4,7,10-11H2,1-2H3,(H,22,24). The van der Waals surface area contributed by atoms with Crippen LogP contribution in [0.1, 0.15) is 49.0 Å². The summed E-state index contributed by atoms with van der Waals surface area (Å²) in [7, 11) is 0. The summed E-state index contributed by atoms with van der Waals surface area (Å²) in [6, 6.07) is 10.8. The zero-order valence-electron chi connectivity index (χ0n) is 14.5. The van der Waals surface area contributed by atoms with Gasteiger partial charge in [-0.05, 0) is 37.5 Å². The average Bonchev–Trinajstić information content (AvgIpc) is 2.94. The molecule has 1 aromatic heterocycles. The van der Waals surface area contributed by atoms with Gasteiger partial charge >= 0.3 is 0 Å². The van der Waals surface area contributed by atoms with E-state index in [4.69, 9.17) is 0 Å². The Morgan fingerprint density at radius 3 is 2.96 bits per heavy atom. The molecule has 0 radical (unpaired) electrons. The van der Waals surface area contributed by atoms with Crippen molar-refractivity contribution in [2.24, 2.45) is 0 Å². The van der Waals surface area contributed by atoms with E-state index in [1.54, 1.807) is 6.20 Å². The monoisotopic (exact) mass is 323 g/mol. The Morgan fingerprint density at radius 2 is 2.12 bits per heavy atom. The van der Waals surface area contributed by atoms with E-state index in [-0.39, 0.29) is 5.91 Å². The van der Waals surface area contributed by atoms with Gasteiger partial charge in [0.15, 0.2) is 0 Å². The first-order valence-corrected chi connectivity index (χ1v) is 8.81. The quantitative estimate of drug-likeness (QED) is 0.815. The molecule has 126 valence electrons. The minimum absolute atomic E-state index is 0.0411. The van der Waals surface area contributed by atoms with Crippen molar-refractivity contribution in [1.82, 2.24) is 10.3 Å². The Morgan fingerprint density at radius 1 is 1.29 bits per heavy atom. The van der Waals surface area contributed by atoms with Gasteiger partial charge in [0.25, 0.3) is 5.91 Å². The molecule has 1 aliphatic rings. The third-order valence-electron chi connectivity index (χ3n) is 4.54. The van der Waals surface area contributed by atoms with Gasteiger partial charge in [0.2, 0.25) is 0 Å². The highest BCUT2D eigenvalue weighted by Crippen LogP contribution is 2.37. The molecule has 1 aliphatic heterocycles. The number of rotatable bonds is 6. The van der Waals surface area contributed by atoms with Crippen molar-refractivity contribution in [3.05, 3.63) is 53.9 Å². The van der Waals surface area contributed by atoms with Crippen LogP contribution >= 0.6 is 0 Å². The fourth-order valence-electron chi connectivity index (χ4n) is 3.32. The highest BCUT2D eigenvalue weighted by Gasteiger charge is 2.27. The number of aromatic nitrogens is 1. The van der Waals surface area contributed by atoms with Gasteiger partial charge in [-0.2, -0.15) is 0 Å². The van der Waals surface area contributed by atoms with Crippen LogP contribution in [0.3, 0.4) is 0 Å². The van der Waals surface area contributed by atoms with E-state index in [0.717, 1.165) is 37.9 Å². The van der Waals surface area contributed by atoms with Gasteiger partial charge in [0.1, 0.15) is 0 Å². The highest BCUT2D eigenvalue weighted by atomic mass is 16.1. The molecule has 2 heterocycles. The molecule has 0 bridgehead atoms. The van der Waals surface area contributed by atoms with Crippen molar-refractivity contribution in [3.63, 3.8) is 0 Å². The second kappa shape index (κ2) is 7.47. The van der Waals surface area contributed by atoms with E-state index in [1.165, 1.54) is 11.3 Å². The summed E-state index contributed by atoms with van der Waals surface area (Å²) in [5, 5.41) is 2.98. The summed E-state index contributed by atoms with van der Waals surface area (Å²) in [5.74, 6) is -0.0411. The Bertz CT molecular complexity index is 714. The number of carbonyl (C=O) groups excluding carboxylic acids is 1. The molecule has 1 aromatic carbocycles. The number of hydrogen-bond donors (Lipinski definition) is 1. The maximum absolute atomic E-state index is 12.3. The molecule has 4 heteroatoms. The molecule has 1 N–H and O–H groups in total. The fraction of sp³-hybridized carbons (Fsp3) is 0.400. The van der Waals surface area contributed by atoms with Crippen LogP contribution in [0.25, 0.3) is 0 Å². The first-order chi connectivity index (χ1) is 11.7. The molecule has 1 amide bonds. The number of pyridine rings is 1. The maximum Gasteiger partial charge on any atom is 0.252 e. The molecule has 0 saturated carbocycles. The summed E-state index contributed by atoms with van der Waals surface area (Å²) >= 11 is 0. The lowest BCUT2D eigenvalue weighted by Gasteiger charge is -2.25. The number of carbonyl (C=O) groups is 1. The largest absolute Gasteiger partial charge is 0.352 e. The molecule has 3 rings (SSSR count). The van der Waals surface area contributed by atoms with E-state index in [2.05, 4.69) is 53.3 Å². The van der Waals surface area contributed by atoms with Crippen molar-refractivity contribution in [2.45, 2.75) is 45.6 Å². The maximum atomic E-state index is 12.3. The van der Waals surface area contributed by atoms with Crippen molar-refractivity contribution in [1.29, 1.82) is 0 Å². The first kappa shape index (κ1) is 16.5. The molecule has 2 aromatic rings. The number of nitrogens with one attached hydrogen (secondary N) is 1. The molecular weight excluding hydrogens is 298 g/mol. The summed E-state index contributed by atoms with van der Waals surface area (Å²) in [5.41, 5.74) is 4.17. The predicted octanol–water partition coefficient (Wildman–Crippen LogP) is 4.08. The average molecular weight is 323 g/mol. The Kier molecular flexibility index (Phi) is 5.14. The molecule has 1 unspecified atom stereocenters. The van der Waals surface area contributed by atoms with E-state index >= 15 is 0 Å². The van der Waals surface area contributed by atoms with Gasteiger partial charge in [-0.1, -0.05) is 38.0 Å². The van der Waals surface area contributed by atoms with Gasteiger partial charge < -0.3 is 10.2 Å². The van der Waals surface area contributed by atoms with Crippen molar-refractivity contribution in [3.8, 4) is 0 Å². The lowest BCUT2D eigenvalue weighted by atomic mass is 10.1. The van der Waals surface area contributed by atoms with Crippen LogP contribution in [0.4, 0.5) is 11.4 Å². The number of hydrogen-bond acceptors (Lipinski definition) is 3. The molecule has 0 fully saturated rings. The second-order valence-corrected chi connectivity index (χ2v) is 6.45. The Hall–Kier alpha value is -2.36. The summed E-state index contributed by atoms with van der Waals surface area (Å²) in [6.45, 7) is 5.08. The summed E-state index contributed by atoms with van der Waals surface area (Å²) in [6.07, 6.45) is 7.81. The van der Waals surface area contributed by atoms with Gasteiger partial charge in [-0.15, -0.1) is 0 Å². The zero-order valence-corrected chi connectivity index (χ0v) is 14.5. The number of anilines is 2. The lowest BCUT2D eigenvalue weighted by molar-refractivity contribution is 0.0952. The van der Waals surface area contributed by atoms with Crippen molar-refractivity contribution < 1.29 is 4.79 Å². The molecule has 0 saturated heterocycles. The number of unbranched alkanes of at least 4 members (excludes halogenated alkanes) is 2. The first-order valence-electron chi connectivity index (χ1n) is 8.81. The van der Waals surface area contributed by atoms with Crippen LogP contribution < -0.4 is 10.2 Å². The fourth-order valence-corrected chi connectivity index (χ4v) is 3.32. The summed E-state index contributed by atoms with van der Waals surface area (Å²) < 4.78 is 0. The van der Waals surface area contributed by atoms with Crippen molar-refractivity contribution in [2.75, 3.05) is 11.4 Å². The molecule has 24 heavy (non-hydrogen) atoms. The zero-order chi connectivity index (χ0) is 16.9. The number of fused-ring (bicyclic) bond motifs is 1. The number of amides is 1. The van der Waals surface area contributed by atoms with E-state index in [1.807, 2.05) is 12.3 Å². The topological polar surface area (TPSA) is 45.2 Å². The van der Waals surface area contributed by atoms with Gasteiger partial charge in [0, 0.05) is 24.5 Å². The van der Waals surface area contributed by atoms with Crippen LogP contribution in [-0.2, 0) is 6.42 Å². The van der Waals surface area contributed by atoms with Crippen LogP contribution in [0.15, 0.2) is 42.7 Å². The van der Waals surface area contributed by atoms with E-state index < -0.39 is 0 Å². The third-order valence-corrected chi connectivity index (χ3v) is 4.54. The van der Waals surface area contributed by atoms with Crippen molar-refractivity contribution >= 4 is 17.3 Å².